The van der Waals surface area contributed by atoms with E-state index in [-0.39, 0.29) is 30.3 Å². The van der Waals surface area contributed by atoms with Crippen LogP contribution in [0.25, 0.3) is 0 Å². The average molecular weight is 452 g/mol. The van der Waals surface area contributed by atoms with Gasteiger partial charge in [0.15, 0.2) is 0 Å². The molecule has 176 valence electrons. The zero-order chi connectivity index (χ0) is 23.4. The Morgan fingerprint density at radius 2 is 1.91 bits per heavy atom. The molecule has 33 heavy (non-hydrogen) atoms. The van der Waals surface area contributed by atoms with E-state index in [1.165, 1.54) is 0 Å². The maximum atomic E-state index is 13.6. The Morgan fingerprint density at radius 1 is 1.15 bits per heavy atom. The number of hydrogen-bond acceptors (Lipinski definition) is 5. The molecule has 0 aliphatic carbocycles. The van der Waals surface area contributed by atoms with Crippen LogP contribution < -0.4 is 14.5 Å². The summed E-state index contributed by atoms with van der Waals surface area (Å²) in [5.41, 5.74) is 2.90. The van der Waals surface area contributed by atoms with Crippen LogP contribution in [0.5, 0.6) is 5.75 Å². The molecule has 0 bridgehead atoms. The number of anilines is 2. The fourth-order valence-electron chi connectivity index (χ4n) is 4.60. The standard InChI is InChI=1S/C26H33N3O4/c1-27(2)21-12-10-19(11-13-21)16-28(18-22-7-6-14-33-22)26(31)20-15-25(30)29(17-20)23-8-4-5-9-24(23)32-3/h4-5,8-13,20,22H,6-7,14-18H2,1-3H3/t20-,22-/m0/s1. The van der Waals surface area contributed by atoms with Gasteiger partial charge in [0.1, 0.15) is 5.75 Å². The predicted molar refractivity (Wildman–Crippen MR) is 129 cm³/mol. The van der Waals surface area contributed by atoms with E-state index in [1.807, 2.05) is 43.3 Å². The summed E-state index contributed by atoms with van der Waals surface area (Å²) >= 11 is 0. The molecule has 2 aliphatic heterocycles. The second-order valence-corrected chi connectivity index (χ2v) is 8.99. The lowest BCUT2D eigenvalue weighted by Crippen LogP contribution is -2.41. The highest BCUT2D eigenvalue weighted by molar-refractivity contribution is 6.01. The molecule has 2 aromatic rings. The zero-order valence-corrected chi connectivity index (χ0v) is 19.7. The molecule has 7 heteroatoms. The summed E-state index contributed by atoms with van der Waals surface area (Å²) in [4.78, 5) is 32.1. The monoisotopic (exact) mass is 451 g/mol. The van der Waals surface area contributed by atoms with Crippen molar-refractivity contribution in [1.82, 2.24) is 4.90 Å². The van der Waals surface area contributed by atoms with E-state index < -0.39 is 0 Å². The van der Waals surface area contributed by atoms with Crippen LogP contribution in [0, 0.1) is 5.92 Å². The fourth-order valence-corrected chi connectivity index (χ4v) is 4.60. The van der Waals surface area contributed by atoms with E-state index in [1.54, 1.807) is 12.0 Å². The van der Waals surface area contributed by atoms with Crippen LogP contribution in [0.15, 0.2) is 48.5 Å². The van der Waals surface area contributed by atoms with E-state index in [9.17, 15) is 9.59 Å². The van der Waals surface area contributed by atoms with Crippen molar-refractivity contribution in [2.75, 3.05) is 50.7 Å². The topological polar surface area (TPSA) is 62.3 Å². The molecule has 4 rings (SSSR count). The average Bonchev–Trinajstić information content (AvgIpc) is 3.48. The molecule has 0 unspecified atom stereocenters. The van der Waals surface area contributed by atoms with Gasteiger partial charge in [-0.1, -0.05) is 24.3 Å². The number of amides is 2. The number of benzene rings is 2. The molecular weight excluding hydrogens is 418 g/mol. The van der Waals surface area contributed by atoms with E-state index in [4.69, 9.17) is 9.47 Å². The van der Waals surface area contributed by atoms with E-state index in [0.717, 1.165) is 30.7 Å². The Kier molecular flexibility index (Phi) is 7.18. The first-order valence-corrected chi connectivity index (χ1v) is 11.6. The van der Waals surface area contributed by atoms with Crippen molar-refractivity contribution in [3.05, 3.63) is 54.1 Å². The normalized spacial score (nSPS) is 20.2. The second kappa shape index (κ2) is 10.3. The number of nitrogens with zero attached hydrogens (tertiary/aromatic N) is 3. The van der Waals surface area contributed by atoms with Crippen molar-refractivity contribution in [3.8, 4) is 5.75 Å². The highest BCUT2D eigenvalue weighted by Crippen LogP contribution is 2.33. The van der Waals surface area contributed by atoms with Gasteiger partial charge in [0.05, 0.1) is 24.8 Å². The molecule has 2 aromatic carbocycles. The summed E-state index contributed by atoms with van der Waals surface area (Å²) in [6.45, 7) is 2.16. The smallest absolute Gasteiger partial charge is 0.228 e. The maximum absolute atomic E-state index is 13.6. The summed E-state index contributed by atoms with van der Waals surface area (Å²) in [7, 11) is 5.60. The minimum absolute atomic E-state index is 0.00735. The molecule has 0 aromatic heterocycles. The Labute approximate surface area is 195 Å². The van der Waals surface area contributed by atoms with Crippen molar-refractivity contribution < 1.29 is 19.1 Å². The first-order valence-electron chi connectivity index (χ1n) is 11.6. The van der Waals surface area contributed by atoms with Gasteiger partial charge in [-0.25, -0.2) is 0 Å². The highest BCUT2D eigenvalue weighted by atomic mass is 16.5. The molecule has 2 saturated heterocycles. The molecule has 7 nitrogen and oxygen atoms in total. The molecule has 0 saturated carbocycles. The molecule has 2 heterocycles. The van der Waals surface area contributed by atoms with E-state index >= 15 is 0 Å². The van der Waals surface area contributed by atoms with Crippen LogP contribution >= 0.6 is 0 Å². The van der Waals surface area contributed by atoms with E-state index in [0.29, 0.717) is 31.1 Å². The van der Waals surface area contributed by atoms with Crippen molar-refractivity contribution in [3.63, 3.8) is 0 Å². The summed E-state index contributed by atoms with van der Waals surface area (Å²) in [6, 6.07) is 15.7. The third-order valence-corrected chi connectivity index (χ3v) is 6.44. The first-order chi connectivity index (χ1) is 16.0. The molecule has 0 radical (unpaired) electrons. The summed E-state index contributed by atoms with van der Waals surface area (Å²) < 4.78 is 11.3. The summed E-state index contributed by atoms with van der Waals surface area (Å²) in [6.07, 6.45) is 2.24. The number of carbonyl (C=O) groups is 2. The lowest BCUT2D eigenvalue weighted by molar-refractivity contribution is -0.138. The lowest BCUT2D eigenvalue weighted by atomic mass is 10.1. The lowest BCUT2D eigenvalue weighted by Gasteiger charge is -2.28. The third-order valence-electron chi connectivity index (χ3n) is 6.44. The van der Waals surface area contributed by atoms with Gasteiger partial charge in [-0.15, -0.1) is 0 Å². The highest BCUT2D eigenvalue weighted by Gasteiger charge is 2.38. The van der Waals surface area contributed by atoms with Gasteiger partial charge in [-0.2, -0.15) is 0 Å². The van der Waals surface area contributed by atoms with Crippen molar-refractivity contribution in [1.29, 1.82) is 0 Å². The quantitative estimate of drug-likeness (QED) is 0.616. The number of rotatable bonds is 8. The largest absolute Gasteiger partial charge is 0.495 e. The summed E-state index contributed by atoms with van der Waals surface area (Å²) in [5, 5.41) is 0. The summed E-state index contributed by atoms with van der Waals surface area (Å²) in [5.74, 6) is 0.208. The Hall–Kier alpha value is -3.06. The molecule has 0 N–H and O–H groups in total. The number of hydrogen-bond donors (Lipinski definition) is 0. The molecule has 2 fully saturated rings. The Bertz CT molecular complexity index is 970. The van der Waals surface area contributed by atoms with Gasteiger partial charge in [0.25, 0.3) is 0 Å². The van der Waals surface area contributed by atoms with Crippen LogP contribution in [0.2, 0.25) is 0 Å². The van der Waals surface area contributed by atoms with Gasteiger partial charge in [0, 0.05) is 52.4 Å². The fraction of sp³-hybridized carbons (Fsp3) is 0.462. The van der Waals surface area contributed by atoms with Crippen LogP contribution in [0.3, 0.4) is 0 Å². The number of methoxy groups -OCH3 is 1. The van der Waals surface area contributed by atoms with Gasteiger partial charge in [0.2, 0.25) is 11.8 Å². The second-order valence-electron chi connectivity index (χ2n) is 8.99. The van der Waals surface area contributed by atoms with Gasteiger partial charge < -0.3 is 24.2 Å². The number of para-hydroxylation sites is 2. The van der Waals surface area contributed by atoms with Gasteiger partial charge in [-0.3, -0.25) is 9.59 Å². The minimum atomic E-state index is -0.384. The van der Waals surface area contributed by atoms with Gasteiger partial charge in [-0.05, 0) is 42.7 Å². The van der Waals surface area contributed by atoms with Crippen LogP contribution in [-0.4, -0.2) is 63.7 Å². The number of carbonyl (C=O) groups excluding carboxylic acids is 2. The SMILES string of the molecule is COc1ccccc1N1C[C@@H](C(=O)N(Cc2ccc(N(C)C)cc2)C[C@@H]2CCCO2)CC1=O. The Morgan fingerprint density at radius 3 is 2.58 bits per heavy atom. The first kappa shape index (κ1) is 23.1. The minimum Gasteiger partial charge on any atom is -0.495 e. The van der Waals surface area contributed by atoms with Crippen molar-refractivity contribution >= 4 is 23.2 Å². The molecule has 2 aliphatic rings. The molecule has 2 amide bonds. The zero-order valence-electron chi connectivity index (χ0n) is 19.7. The third kappa shape index (κ3) is 5.30. The maximum Gasteiger partial charge on any atom is 0.228 e. The van der Waals surface area contributed by atoms with E-state index in [2.05, 4.69) is 29.2 Å². The van der Waals surface area contributed by atoms with Crippen LogP contribution in [-0.2, 0) is 20.9 Å². The van der Waals surface area contributed by atoms with Crippen LogP contribution in [0.1, 0.15) is 24.8 Å². The molecule has 2 atom stereocenters. The predicted octanol–water partition coefficient (Wildman–Crippen LogP) is 3.32. The van der Waals surface area contributed by atoms with Crippen LogP contribution in [0.4, 0.5) is 11.4 Å². The Balaban J connectivity index is 1.51. The molecule has 0 spiro atoms. The molecular formula is C26H33N3O4. The van der Waals surface area contributed by atoms with Crippen molar-refractivity contribution in [2.45, 2.75) is 31.9 Å². The van der Waals surface area contributed by atoms with Crippen molar-refractivity contribution in [2.24, 2.45) is 5.92 Å². The van der Waals surface area contributed by atoms with Gasteiger partial charge >= 0.3 is 0 Å². The number of ether oxygens (including phenoxy) is 2.